The second kappa shape index (κ2) is 6.33. The summed E-state index contributed by atoms with van der Waals surface area (Å²) in [5, 5.41) is 10.3. The molecule has 4 rings (SSSR count). The van der Waals surface area contributed by atoms with Crippen LogP contribution < -0.4 is 9.62 Å². The highest BCUT2D eigenvalue weighted by atomic mass is 32.1. The number of anilines is 2. The fourth-order valence-electron chi connectivity index (χ4n) is 2.39. The molecule has 7 nitrogen and oxygen atoms in total. The first-order valence-corrected chi connectivity index (χ1v) is 7.85. The number of hydrogen-bond donors (Lipinski definition) is 3. The molecule has 0 saturated heterocycles. The second-order valence-corrected chi connectivity index (χ2v) is 5.68. The highest BCUT2D eigenvalue weighted by Gasteiger charge is 2.16. The van der Waals surface area contributed by atoms with Crippen LogP contribution in [0.4, 0.5) is 16.5 Å². The van der Waals surface area contributed by atoms with Crippen molar-refractivity contribution in [2.45, 2.75) is 0 Å². The van der Waals surface area contributed by atoms with Gasteiger partial charge in [0.05, 0.1) is 23.6 Å². The number of fused-ring (bicyclic) bond motifs is 1. The minimum atomic E-state index is -0.483. The van der Waals surface area contributed by atoms with Crippen LogP contribution in [-0.2, 0) is 0 Å². The van der Waals surface area contributed by atoms with Gasteiger partial charge in [-0.25, -0.2) is 14.1 Å². The minimum Gasteiger partial charge on any atom is -0.423 e. The van der Waals surface area contributed by atoms with E-state index < -0.39 is 6.03 Å². The maximum Gasteiger partial charge on any atom is 0.339 e. The van der Waals surface area contributed by atoms with Crippen molar-refractivity contribution in [1.82, 2.24) is 15.2 Å². The molecule has 0 aliphatic carbocycles. The number of H-pyrrole nitrogens is 1. The molecule has 2 aromatic heterocycles. The van der Waals surface area contributed by atoms with Crippen LogP contribution in [0.1, 0.15) is 0 Å². The summed E-state index contributed by atoms with van der Waals surface area (Å²) in [6.45, 7) is 0. The van der Waals surface area contributed by atoms with Crippen LogP contribution in [0.2, 0.25) is 0 Å². The standard InChI is InChI=1S/C17H13N5O2S/c23-17(22(25)13-7-6-12-9-19-21-14(12)8-13)20-16-18-10-15(24-16)11-4-2-1-3-5-11/h1-10,25H,(H,19,21)(H,18,20,23). The Kier molecular flexibility index (Phi) is 3.87. The lowest BCUT2D eigenvalue weighted by Gasteiger charge is -2.15. The van der Waals surface area contributed by atoms with E-state index in [0.29, 0.717) is 11.4 Å². The maximum atomic E-state index is 12.3. The van der Waals surface area contributed by atoms with E-state index in [1.54, 1.807) is 24.5 Å². The monoisotopic (exact) mass is 351 g/mol. The Hall–Kier alpha value is -3.26. The second-order valence-electron chi connectivity index (χ2n) is 5.28. The fraction of sp³-hybridized carbons (Fsp3) is 0. The number of thiol groups is 1. The van der Waals surface area contributed by atoms with Crippen LogP contribution in [0.5, 0.6) is 0 Å². The SMILES string of the molecule is O=C(Nc1ncc(-c2ccccc2)o1)N(S)c1ccc2cn[nH]c2c1. The van der Waals surface area contributed by atoms with E-state index in [1.807, 2.05) is 36.4 Å². The quantitative estimate of drug-likeness (QED) is 0.485. The highest BCUT2D eigenvalue weighted by molar-refractivity contribution is 7.82. The number of aromatic amines is 1. The Balaban J connectivity index is 1.50. The first-order valence-electron chi connectivity index (χ1n) is 7.45. The van der Waals surface area contributed by atoms with Gasteiger partial charge in [-0.1, -0.05) is 43.1 Å². The summed E-state index contributed by atoms with van der Waals surface area (Å²) in [6.07, 6.45) is 3.27. The third-order valence-corrected chi connectivity index (χ3v) is 4.05. The summed E-state index contributed by atoms with van der Waals surface area (Å²) < 4.78 is 6.74. The smallest absolute Gasteiger partial charge is 0.339 e. The molecule has 0 spiro atoms. The van der Waals surface area contributed by atoms with E-state index in [0.717, 1.165) is 16.5 Å². The van der Waals surface area contributed by atoms with Gasteiger partial charge in [0.15, 0.2) is 5.76 Å². The Labute approximate surface area is 148 Å². The third kappa shape index (κ3) is 3.07. The van der Waals surface area contributed by atoms with Crippen molar-refractivity contribution < 1.29 is 9.21 Å². The van der Waals surface area contributed by atoms with E-state index in [2.05, 4.69) is 33.3 Å². The molecule has 0 fully saturated rings. The van der Waals surface area contributed by atoms with Gasteiger partial charge >= 0.3 is 12.0 Å². The Morgan fingerprint density at radius 2 is 2.00 bits per heavy atom. The average Bonchev–Trinajstić information content (AvgIpc) is 3.30. The zero-order chi connectivity index (χ0) is 17.2. The van der Waals surface area contributed by atoms with E-state index in [9.17, 15) is 4.79 Å². The van der Waals surface area contributed by atoms with Crippen molar-refractivity contribution in [3.05, 3.63) is 60.9 Å². The van der Waals surface area contributed by atoms with Crippen molar-refractivity contribution in [3.8, 4) is 11.3 Å². The van der Waals surface area contributed by atoms with Crippen LogP contribution in [0.15, 0.2) is 65.3 Å². The summed E-state index contributed by atoms with van der Waals surface area (Å²) in [4.78, 5) is 16.4. The van der Waals surface area contributed by atoms with Gasteiger partial charge in [0.2, 0.25) is 0 Å². The molecule has 124 valence electrons. The number of aromatic nitrogens is 3. The lowest BCUT2D eigenvalue weighted by Crippen LogP contribution is -2.26. The number of hydrogen-bond acceptors (Lipinski definition) is 5. The van der Waals surface area contributed by atoms with Gasteiger partial charge in [0.25, 0.3) is 0 Å². The van der Waals surface area contributed by atoms with Crippen molar-refractivity contribution in [2.24, 2.45) is 0 Å². The number of urea groups is 1. The Morgan fingerprint density at radius 1 is 1.16 bits per heavy atom. The van der Waals surface area contributed by atoms with Crippen LogP contribution in [0, 0.1) is 0 Å². The van der Waals surface area contributed by atoms with Crippen LogP contribution >= 0.6 is 12.8 Å². The topological polar surface area (TPSA) is 87.1 Å². The summed E-state index contributed by atoms with van der Waals surface area (Å²) in [6, 6.07) is 14.5. The summed E-state index contributed by atoms with van der Waals surface area (Å²) >= 11 is 4.25. The van der Waals surface area contributed by atoms with Gasteiger partial charge in [-0.2, -0.15) is 5.10 Å². The number of oxazole rings is 1. The highest BCUT2D eigenvalue weighted by Crippen LogP contribution is 2.24. The first-order chi connectivity index (χ1) is 12.2. The van der Waals surface area contributed by atoms with E-state index in [1.165, 1.54) is 4.31 Å². The van der Waals surface area contributed by atoms with E-state index in [4.69, 9.17) is 4.42 Å². The van der Waals surface area contributed by atoms with Gasteiger partial charge in [-0.3, -0.25) is 10.4 Å². The number of rotatable bonds is 3. The van der Waals surface area contributed by atoms with Gasteiger partial charge in [0, 0.05) is 10.9 Å². The number of carbonyl (C=O) groups is 1. The zero-order valence-corrected chi connectivity index (χ0v) is 13.8. The van der Waals surface area contributed by atoms with Crippen molar-refractivity contribution in [1.29, 1.82) is 0 Å². The summed E-state index contributed by atoms with van der Waals surface area (Å²) in [5.41, 5.74) is 2.28. The zero-order valence-electron chi connectivity index (χ0n) is 12.9. The molecule has 2 N–H and O–H groups in total. The molecule has 0 aliphatic rings. The van der Waals surface area contributed by atoms with Gasteiger partial charge < -0.3 is 4.42 Å². The molecule has 0 unspecified atom stereocenters. The lowest BCUT2D eigenvalue weighted by atomic mass is 10.2. The van der Waals surface area contributed by atoms with Gasteiger partial charge in [-0.05, 0) is 18.2 Å². The fourth-order valence-corrected chi connectivity index (χ4v) is 2.56. The molecule has 2 amide bonds. The molecule has 8 heteroatoms. The van der Waals surface area contributed by atoms with Crippen LogP contribution in [0.25, 0.3) is 22.2 Å². The number of nitrogens with one attached hydrogen (secondary N) is 2. The Bertz CT molecular complexity index is 1030. The molecule has 2 aromatic carbocycles. The average molecular weight is 351 g/mol. The molecular formula is C17H13N5O2S. The molecule has 0 radical (unpaired) electrons. The molecule has 0 aliphatic heterocycles. The molecule has 0 saturated carbocycles. The first kappa shape index (κ1) is 15.3. The van der Waals surface area contributed by atoms with Crippen LogP contribution in [-0.4, -0.2) is 21.2 Å². The Morgan fingerprint density at radius 3 is 2.84 bits per heavy atom. The van der Waals surface area contributed by atoms with E-state index in [-0.39, 0.29) is 6.01 Å². The normalized spacial score (nSPS) is 10.8. The van der Waals surface area contributed by atoms with Crippen molar-refractivity contribution in [2.75, 3.05) is 9.62 Å². The minimum absolute atomic E-state index is 0.102. The molecule has 0 bridgehead atoms. The lowest BCUT2D eigenvalue weighted by molar-refractivity contribution is 0.259. The van der Waals surface area contributed by atoms with Gasteiger partial charge in [-0.15, -0.1) is 0 Å². The number of amides is 2. The molecule has 25 heavy (non-hydrogen) atoms. The molecule has 2 heterocycles. The number of benzene rings is 2. The van der Waals surface area contributed by atoms with Crippen LogP contribution in [0.3, 0.4) is 0 Å². The number of carbonyl (C=O) groups excluding carboxylic acids is 1. The summed E-state index contributed by atoms with van der Waals surface area (Å²) in [7, 11) is 0. The largest absolute Gasteiger partial charge is 0.423 e. The summed E-state index contributed by atoms with van der Waals surface area (Å²) in [5.74, 6) is 0.570. The van der Waals surface area contributed by atoms with Gasteiger partial charge in [0.1, 0.15) is 0 Å². The third-order valence-electron chi connectivity index (χ3n) is 3.64. The molecular weight excluding hydrogens is 338 g/mol. The predicted octanol–water partition coefficient (Wildman–Crippen LogP) is 4.10. The molecule has 0 atom stereocenters. The number of nitrogens with zero attached hydrogens (tertiary/aromatic N) is 3. The van der Waals surface area contributed by atoms with Crippen molar-refractivity contribution >= 4 is 41.5 Å². The van der Waals surface area contributed by atoms with Crippen molar-refractivity contribution in [3.63, 3.8) is 0 Å². The molecule has 4 aromatic rings. The maximum absolute atomic E-state index is 12.3. The predicted molar refractivity (Wildman–Crippen MR) is 98.5 cm³/mol. The van der Waals surface area contributed by atoms with E-state index >= 15 is 0 Å².